The molecule has 0 heterocycles. The van der Waals surface area contributed by atoms with Gasteiger partial charge in [0.2, 0.25) is 0 Å². The molecule has 0 aromatic carbocycles. The normalized spacial score (nSPS) is 15.0. The zero-order chi connectivity index (χ0) is 8.91. The van der Waals surface area contributed by atoms with Crippen LogP contribution in [0.1, 0.15) is 40.5 Å². The van der Waals surface area contributed by atoms with E-state index in [-0.39, 0.29) is 11.7 Å². The topological polar surface area (TPSA) is 29.5 Å². The number of hydrogen-bond donors (Lipinski definition) is 1. The van der Waals surface area contributed by atoms with Crippen LogP contribution in [0.3, 0.4) is 0 Å². The van der Waals surface area contributed by atoms with E-state index in [4.69, 9.17) is 4.74 Å². The SMILES string of the molecule is CCC(O)COC(C)(C)CC. The number of rotatable bonds is 5. The van der Waals surface area contributed by atoms with E-state index in [1.54, 1.807) is 0 Å². The first-order chi connectivity index (χ1) is 5.02. The van der Waals surface area contributed by atoms with Gasteiger partial charge >= 0.3 is 0 Å². The molecule has 1 atom stereocenters. The molecule has 0 aliphatic rings. The molecule has 1 N–H and O–H groups in total. The zero-order valence-corrected chi connectivity index (χ0v) is 8.05. The molecule has 0 bridgehead atoms. The van der Waals surface area contributed by atoms with Gasteiger partial charge in [-0.2, -0.15) is 0 Å². The van der Waals surface area contributed by atoms with Gasteiger partial charge in [-0.05, 0) is 26.7 Å². The molecular formula is C9H20O2. The molecule has 1 unspecified atom stereocenters. The van der Waals surface area contributed by atoms with E-state index in [0.29, 0.717) is 6.61 Å². The second-order valence-corrected chi connectivity index (χ2v) is 3.49. The number of aliphatic hydroxyl groups is 1. The van der Waals surface area contributed by atoms with E-state index in [9.17, 15) is 5.11 Å². The summed E-state index contributed by atoms with van der Waals surface area (Å²) in [6.07, 6.45) is 1.43. The Morgan fingerprint density at radius 3 is 2.27 bits per heavy atom. The molecule has 2 heteroatoms. The number of hydrogen-bond acceptors (Lipinski definition) is 2. The maximum atomic E-state index is 9.19. The van der Waals surface area contributed by atoms with Crippen LogP contribution in [0.2, 0.25) is 0 Å². The average Bonchev–Trinajstić information content (AvgIpc) is 2.00. The Labute approximate surface area is 69.6 Å². The van der Waals surface area contributed by atoms with Crippen LogP contribution >= 0.6 is 0 Å². The molecule has 0 saturated heterocycles. The quantitative estimate of drug-likeness (QED) is 0.666. The van der Waals surface area contributed by atoms with Gasteiger partial charge in [0.1, 0.15) is 0 Å². The van der Waals surface area contributed by atoms with Crippen LogP contribution in [0, 0.1) is 0 Å². The van der Waals surface area contributed by atoms with Gasteiger partial charge in [0.15, 0.2) is 0 Å². The summed E-state index contributed by atoms with van der Waals surface area (Å²) in [5.41, 5.74) is -0.0872. The number of ether oxygens (including phenoxy) is 1. The number of aliphatic hydroxyl groups excluding tert-OH is 1. The second-order valence-electron chi connectivity index (χ2n) is 3.49. The monoisotopic (exact) mass is 160 g/mol. The van der Waals surface area contributed by atoms with Crippen molar-refractivity contribution in [2.45, 2.75) is 52.2 Å². The smallest absolute Gasteiger partial charge is 0.0771 e. The minimum atomic E-state index is -0.305. The molecule has 0 saturated carbocycles. The summed E-state index contributed by atoms with van der Waals surface area (Å²) >= 11 is 0. The summed E-state index contributed by atoms with van der Waals surface area (Å²) in [4.78, 5) is 0. The fourth-order valence-corrected chi connectivity index (χ4v) is 0.542. The maximum absolute atomic E-state index is 9.19. The van der Waals surface area contributed by atoms with Crippen molar-refractivity contribution in [1.29, 1.82) is 0 Å². The van der Waals surface area contributed by atoms with Crippen LogP contribution in [0.4, 0.5) is 0 Å². The van der Waals surface area contributed by atoms with E-state index < -0.39 is 0 Å². The van der Waals surface area contributed by atoms with E-state index in [1.165, 1.54) is 0 Å². The summed E-state index contributed by atoms with van der Waals surface area (Å²) < 4.78 is 5.48. The van der Waals surface area contributed by atoms with Crippen molar-refractivity contribution in [2.24, 2.45) is 0 Å². The standard InChI is InChI=1S/C9H20O2/c1-5-8(10)7-11-9(3,4)6-2/h8,10H,5-7H2,1-4H3. The lowest BCUT2D eigenvalue weighted by atomic mass is 10.1. The average molecular weight is 160 g/mol. The van der Waals surface area contributed by atoms with Gasteiger partial charge in [-0.15, -0.1) is 0 Å². The molecule has 11 heavy (non-hydrogen) atoms. The molecule has 0 aromatic rings. The predicted octanol–water partition coefficient (Wildman–Crippen LogP) is 1.96. The summed E-state index contributed by atoms with van der Waals surface area (Å²) in [7, 11) is 0. The van der Waals surface area contributed by atoms with Crippen LogP contribution in [0.15, 0.2) is 0 Å². The lowest BCUT2D eigenvalue weighted by Crippen LogP contribution is -2.28. The molecule has 0 fully saturated rings. The lowest BCUT2D eigenvalue weighted by molar-refractivity contribution is -0.0613. The second kappa shape index (κ2) is 4.73. The maximum Gasteiger partial charge on any atom is 0.0771 e. The largest absolute Gasteiger partial charge is 0.391 e. The van der Waals surface area contributed by atoms with Crippen LogP contribution in [-0.2, 0) is 4.74 Å². The van der Waals surface area contributed by atoms with Crippen LogP contribution in [0.5, 0.6) is 0 Å². The molecule has 0 aliphatic heterocycles. The fourth-order valence-electron chi connectivity index (χ4n) is 0.542. The van der Waals surface area contributed by atoms with E-state index >= 15 is 0 Å². The highest BCUT2D eigenvalue weighted by Crippen LogP contribution is 2.13. The third-order valence-electron chi connectivity index (χ3n) is 1.99. The van der Waals surface area contributed by atoms with E-state index in [1.807, 2.05) is 20.8 Å². The molecular weight excluding hydrogens is 140 g/mol. The highest BCUT2D eigenvalue weighted by Gasteiger charge is 2.16. The molecule has 0 spiro atoms. The minimum Gasteiger partial charge on any atom is -0.391 e. The first-order valence-electron chi connectivity index (χ1n) is 4.34. The summed E-state index contributed by atoms with van der Waals surface area (Å²) in [6, 6.07) is 0. The molecule has 0 rings (SSSR count). The molecule has 0 aromatic heterocycles. The molecule has 0 amide bonds. The van der Waals surface area contributed by atoms with Crippen molar-refractivity contribution >= 4 is 0 Å². The lowest BCUT2D eigenvalue weighted by Gasteiger charge is -2.24. The van der Waals surface area contributed by atoms with Crippen molar-refractivity contribution in [2.75, 3.05) is 6.61 Å². The van der Waals surface area contributed by atoms with Gasteiger partial charge in [0, 0.05) is 0 Å². The molecule has 0 aliphatic carbocycles. The van der Waals surface area contributed by atoms with Crippen molar-refractivity contribution in [3.63, 3.8) is 0 Å². The first kappa shape index (κ1) is 10.9. The van der Waals surface area contributed by atoms with Gasteiger partial charge in [0.05, 0.1) is 18.3 Å². The third-order valence-corrected chi connectivity index (χ3v) is 1.99. The van der Waals surface area contributed by atoms with Crippen molar-refractivity contribution in [3.8, 4) is 0 Å². The highest BCUT2D eigenvalue weighted by molar-refractivity contribution is 4.66. The van der Waals surface area contributed by atoms with Gasteiger partial charge in [-0.1, -0.05) is 13.8 Å². The van der Waals surface area contributed by atoms with E-state index in [0.717, 1.165) is 12.8 Å². The highest BCUT2D eigenvalue weighted by atomic mass is 16.5. The molecule has 2 nitrogen and oxygen atoms in total. The Bertz CT molecular complexity index is 99.7. The third kappa shape index (κ3) is 5.22. The summed E-state index contributed by atoms with van der Waals surface area (Å²) in [5.74, 6) is 0. The minimum absolute atomic E-state index is 0.0872. The van der Waals surface area contributed by atoms with Crippen molar-refractivity contribution in [1.82, 2.24) is 0 Å². The van der Waals surface area contributed by atoms with Crippen LogP contribution in [-0.4, -0.2) is 23.4 Å². The van der Waals surface area contributed by atoms with Gasteiger partial charge < -0.3 is 9.84 Å². The Balaban J connectivity index is 3.52. The Morgan fingerprint density at radius 2 is 1.91 bits per heavy atom. The van der Waals surface area contributed by atoms with E-state index in [2.05, 4.69) is 6.92 Å². The van der Waals surface area contributed by atoms with Crippen LogP contribution < -0.4 is 0 Å². The van der Waals surface area contributed by atoms with Crippen molar-refractivity contribution < 1.29 is 9.84 Å². The zero-order valence-electron chi connectivity index (χ0n) is 8.05. The first-order valence-corrected chi connectivity index (χ1v) is 4.34. The predicted molar refractivity (Wildman–Crippen MR) is 46.6 cm³/mol. The molecule has 68 valence electrons. The van der Waals surface area contributed by atoms with Gasteiger partial charge in [0.25, 0.3) is 0 Å². The Hall–Kier alpha value is -0.0800. The van der Waals surface area contributed by atoms with Gasteiger partial charge in [-0.3, -0.25) is 0 Å². The van der Waals surface area contributed by atoms with Crippen molar-refractivity contribution in [3.05, 3.63) is 0 Å². The molecule has 0 radical (unpaired) electrons. The fraction of sp³-hybridized carbons (Fsp3) is 1.00. The Morgan fingerprint density at radius 1 is 1.36 bits per heavy atom. The Kier molecular flexibility index (Phi) is 4.69. The van der Waals surface area contributed by atoms with Gasteiger partial charge in [-0.25, -0.2) is 0 Å². The summed E-state index contributed by atoms with van der Waals surface area (Å²) in [6.45, 7) is 8.56. The van der Waals surface area contributed by atoms with Crippen LogP contribution in [0.25, 0.3) is 0 Å². The summed E-state index contributed by atoms with van der Waals surface area (Å²) in [5, 5.41) is 9.19.